The Labute approximate surface area is 141 Å². The Hall–Kier alpha value is -1.86. The normalized spacial score (nSPS) is 12.4. The number of hydrogen-bond acceptors (Lipinski definition) is 4. The van der Waals surface area contributed by atoms with Crippen LogP contribution < -0.4 is 10.6 Å². The number of hydrogen-bond donors (Lipinski definition) is 3. The Morgan fingerprint density at radius 3 is 2.65 bits per heavy atom. The average molecular weight is 335 g/mol. The maximum atomic E-state index is 12.2. The van der Waals surface area contributed by atoms with Gasteiger partial charge in [-0.05, 0) is 49.3 Å². The van der Waals surface area contributed by atoms with Crippen LogP contribution in [0, 0.1) is 13.8 Å². The van der Waals surface area contributed by atoms with Crippen LogP contribution in [-0.4, -0.2) is 40.8 Å². The van der Waals surface area contributed by atoms with Gasteiger partial charge in [0.25, 0.3) is 0 Å². The lowest BCUT2D eigenvalue weighted by Crippen LogP contribution is -2.39. The minimum absolute atomic E-state index is 0.188. The molecule has 0 saturated carbocycles. The van der Waals surface area contributed by atoms with Crippen LogP contribution in [0.1, 0.15) is 36.8 Å². The summed E-state index contributed by atoms with van der Waals surface area (Å²) in [5.74, 6) is 0. The number of H-pyrrole nitrogens is 1. The number of carbonyl (C=O) groups is 1. The Kier molecular flexibility index (Phi) is 6.18. The SMILES string of the molecule is CCN(CC)C(CNC(=O)Nc1c(C)n[nH]c1C)c1ccsc1. The van der Waals surface area contributed by atoms with Crippen molar-refractivity contribution >= 4 is 23.1 Å². The van der Waals surface area contributed by atoms with E-state index in [2.05, 4.69) is 56.4 Å². The molecule has 1 unspecified atom stereocenters. The van der Waals surface area contributed by atoms with Crippen molar-refractivity contribution < 1.29 is 4.79 Å². The molecule has 0 aromatic carbocycles. The first-order chi connectivity index (χ1) is 11.1. The summed E-state index contributed by atoms with van der Waals surface area (Å²) < 4.78 is 0. The second-order valence-electron chi connectivity index (χ2n) is 5.44. The first-order valence-corrected chi connectivity index (χ1v) is 8.83. The molecule has 0 aliphatic rings. The molecule has 0 aliphatic heterocycles. The van der Waals surface area contributed by atoms with E-state index in [9.17, 15) is 4.79 Å². The molecule has 126 valence electrons. The predicted molar refractivity (Wildman–Crippen MR) is 95.1 cm³/mol. The van der Waals surface area contributed by atoms with Crippen molar-refractivity contribution in [3.8, 4) is 0 Å². The second kappa shape index (κ2) is 8.12. The van der Waals surface area contributed by atoms with Gasteiger partial charge in [-0.25, -0.2) is 4.79 Å². The molecule has 0 radical (unpaired) electrons. The van der Waals surface area contributed by atoms with Gasteiger partial charge in [-0.2, -0.15) is 16.4 Å². The molecule has 2 rings (SSSR count). The van der Waals surface area contributed by atoms with Gasteiger partial charge < -0.3 is 10.6 Å². The Bertz CT molecular complexity index is 599. The lowest BCUT2D eigenvalue weighted by Gasteiger charge is -2.29. The van der Waals surface area contributed by atoms with Gasteiger partial charge >= 0.3 is 6.03 Å². The van der Waals surface area contributed by atoms with Gasteiger partial charge in [-0.15, -0.1) is 0 Å². The van der Waals surface area contributed by atoms with E-state index in [1.165, 1.54) is 5.56 Å². The van der Waals surface area contributed by atoms with Gasteiger partial charge in [0.05, 0.1) is 23.1 Å². The lowest BCUT2D eigenvalue weighted by atomic mass is 10.1. The number of urea groups is 1. The molecule has 0 saturated heterocycles. The number of nitrogens with one attached hydrogen (secondary N) is 3. The van der Waals surface area contributed by atoms with Gasteiger partial charge in [-0.3, -0.25) is 10.00 Å². The molecule has 6 nitrogen and oxygen atoms in total. The second-order valence-corrected chi connectivity index (χ2v) is 6.22. The van der Waals surface area contributed by atoms with Gasteiger partial charge in [0.15, 0.2) is 0 Å². The van der Waals surface area contributed by atoms with Crippen molar-refractivity contribution in [2.45, 2.75) is 33.7 Å². The van der Waals surface area contributed by atoms with Crippen molar-refractivity contribution in [1.82, 2.24) is 20.4 Å². The highest BCUT2D eigenvalue weighted by atomic mass is 32.1. The minimum atomic E-state index is -0.204. The van der Waals surface area contributed by atoms with E-state index in [1.54, 1.807) is 11.3 Å². The van der Waals surface area contributed by atoms with E-state index in [4.69, 9.17) is 0 Å². The summed E-state index contributed by atoms with van der Waals surface area (Å²) in [5, 5.41) is 17.0. The first-order valence-electron chi connectivity index (χ1n) is 7.89. The first kappa shape index (κ1) is 17.5. The van der Waals surface area contributed by atoms with Crippen molar-refractivity contribution in [3.63, 3.8) is 0 Å². The number of aromatic amines is 1. The van der Waals surface area contributed by atoms with Crippen LogP contribution >= 0.6 is 11.3 Å². The van der Waals surface area contributed by atoms with E-state index >= 15 is 0 Å². The van der Waals surface area contributed by atoms with Crippen molar-refractivity contribution in [1.29, 1.82) is 0 Å². The van der Waals surface area contributed by atoms with Gasteiger partial charge in [0.2, 0.25) is 0 Å². The molecule has 0 bridgehead atoms. The third-order valence-corrected chi connectivity index (χ3v) is 4.71. The van der Waals surface area contributed by atoms with Crippen molar-refractivity contribution in [2.24, 2.45) is 0 Å². The van der Waals surface area contributed by atoms with Crippen LogP contribution in [0.15, 0.2) is 16.8 Å². The Balaban J connectivity index is 1.99. The molecular weight excluding hydrogens is 310 g/mol. The highest BCUT2D eigenvalue weighted by Crippen LogP contribution is 2.22. The number of likely N-dealkylation sites (N-methyl/N-ethyl adjacent to an activating group) is 1. The van der Waals surface area contributed by atoms with E-state index < -0.39 is 0 Å². The zero-order chi connectivity index (χ0) is 16.8. The predicted octanol–water partition coefficient (Wildman–Crippen LogP) is 3.29. The van der Waals surface area contributed by atoms with E-state index in [0.717, 1.165) is 30.2 Å². The fourth-order valence-electron chi connectivity index (χ4n) is 2.67. The maximum Gasteiger partial charge on any atom is 0.319 e. The van der Waals surface area contributed by atoms with Crippen LogP contribution in [0.4, 0.5) is 10.5 Å². The topological polar surface area (TPSA) is 73.1 Å². The van der Waals surface area contributed by atoms with Gasteiger partial charge in [-0.1, -0.05) is 13.8 Å². The molecule has 3 N–H and O–H groups in total. The summed E-state index contributed by atoms with van der Waals surface area (Å²) >= 11 is 1.68. The molecule has 7 heteroatoms. The number of rotatable bonds is 7. The van der Waals surface area contributed by atoms with E-state index in [-0.39, 0.29) is 12.1 Å². The molecule has 0 fully saturated rings. The minimum Gasteiger partial charge on any atom is -0.336 e. The number of anilines is 1. The molecule has 0 spiro atoms. The largest absolute Gasteiger partial charge is 0.336 e. The van der Waals surface area contributed by atoms with Gasteiger partial charge in [0.1, 0.15) is 0 Å². The van der Waals surface area contributed by atoms with Crippen LogP contribution in [0.2, 0.25) is 0 Å². The maximum absolute atomic E-state index is 12.2. The molecule has 2 aromatic heterocycles. The van der Waals surface area contributed by atoms with Crippen LogP contribution in [0.3, 0.4) is 0 Å². The number of carbonyl (C=O) groups excluding carboxylic acids is 1. The number of aromatic nitrogens is 2. The van der Waals surface area contributed by atoms with Crippen LogP contribution in [0.25, 0.3) is 0 Å². The Morgan fingerprint density at radius 1 is 1.39 bits per heavy atom. The molecule has 2 amide bonds. The van der Waals surface area contributed by atoms with Gasteiger partial charge in [0, 0.05) is 6.54 Å². The summed E-state index contributed by atoms with van der Waals surface area (Å²) in [6.07, 6.45) is 0. The highest BCUT2D eigenvalue weighted by molar-refractivity contribution is 7.07. The standard InChI is InChI=1S/C16H25N5OS/c1-5-21(6-2)14(13-7-8-23-10-13)9-17-16(22)18-15-11(3)19-20-12(15)4/h7-8,10,14H,5-6,9H2,1-4H3,(H,19,20)(H2,17,18,22). The monoisotopic (exact) mass is 335 g/mol. The molecule has 1 atom stereocenters. The molecular formula is C16H25N5OS. The number of amides is 2. The van der Waals surface area contributed by atoms with E-state index in [1.807, 2.05) is 13.8 Å². The summed E-state index contributed by atoms with van der Waals surface area (Å²) in [7, 11) is 0. The number of thiophene rings is 1. The van der Waals surface area contributed by atoms with Crippen molar-refractivity contribution in [2.75, 3.05) is 25.0 Å². The summed E-state index contributed by atoms with van der Waals surface area (Å²) in [5.41, 5.74) is 3.64. The Morgan fingerprint density at radius 2 is 2.13 bits per heavy atom. The molecule has 2 aromatic rings. The zero-order valence-electron chi connectivity index (χ0n) is 14.1. The summed E-state index contributed by atoms with van der Waals surface area (Å²) in [4.78, 5) is 14.6. The van der Waals surface area contributed by atoms with Crippen molar-refractivity contribution in [3.05, 3.63) is 33.8 Å². The molecule has 0 aliphatic carbocycles. The number of nitrogens with zero attached hydrogens (tertiary/aromatic N) is 2. The average Bonchev–Trinajstić information content (AvgIpc) is 3.17. The summed E-state index contributed by atoms with van der Waals surface area (Å²) in [6.45, 7) is 10.5. The van der Waals surface area contributed by atoms with E-state index in [0.29, 0.717) is 6.54 Å². The molecule has 23 heavy (non-hydrogen) atoms. The lowest BCUT2D eigenvalue weighted by molar-refractivity contribution is 0.210. The highest BCUT2D eigenvalue weighted by Gasteiger charge is 2.19. The van der Waals surface area contributed by atoms with Crippen LogP contribution in [0.5, 0.6) is 0 Å². The molecule has 2 heterocycles. The van der Waals surface area contributed by atoms with Crippen LogP contribution in [-0.2, 0) is 0 Å². The fraction of sp³-hybridized carbons (Fsp3) is 0.500. The quantitative estimate of drug-likeness (QED) is 0.727. The fourth-order valence-corrected chi connectivity index (χ4v) is 3.38. The smallest absolute Gasteiger partial charge is 0.319 e. The zero-order valence-corrected chi connectivity index (χ0v) is 15.0. The number of aryl methyl sites for hydroxylation is 2. The summed E-state index contributed by atoms with van der Waals surface area (Å²) in [6, 6.07) is 2.11. The third kappa shape index (κ3) is 4.33. The third-order valence-electron chi connectivity index (χ3n) is 4.00.